The monoisotopic (exact) mass is 282 g/mol. The zero-order valence-corrected chi connectivity index (χ0v) is 14.0. The highest BCUT2D eigenvalue weighted by molar-refractivity contribution is 4.91. The van der Waals surface area contributed by atoms with Crippen LogP contribution < -0.4 is 5.32 Å². The fourth-order valence-corrected chi connectivity index (χ4v) is 3.79. The fourth-order valence-electron chi connectivity index (χ4n) is 3.79. The molecule has 2 heterocycles. The van der Waals surface area contributed by atoms with E-state index in [4.69, 9.17) is 4.74 Å². The maximum Gasteiger partial charge on any atom is 0.0471 e. The number of hydrogen-bond acceptors (Lipinski definition) is 3. The molecule has 0 aromatic rings. The van der Waals surface area contributed by atoms with Crippen LogP contribution in [0.1, 0.15) is 53.4 Å². The van der Waals surface area contributed by atoms with Crippen molar-refractivity contribution in [2.45, 2.75) is 65.5 Å². The summed E-state index contributed by atoms with van der Waals surface area (Å²) in [6.45, 7) is 15.0. The van der Waals surface area contributed by atoms with E-state index < -0.39 is 0 Å². The minimum absolute atomic E-state index is 0.458. The van der Waals surface area contributed by atoms with Crippen LogP contribution in [0.15, 0.2) is 0 Å². The maximum absolute atomic E-state index is 5.56. The van der Waals surface area contributed by atoms with Gasteiger partial charge in [-0.15, -0.1) is 0 Å². The van der Waals surface area contributed by atoms with Gasteiger partial charge in [-0.1, -0.05) is 34.1 Å². The Labute approximate surface area is 125 Å². The first kappa shape index (κ1) is 16.3. The second-order valence-corrected chi connectivity index (χ2v) is 7.56. The van der Waals surface area contributed by atoms with E-state index in [0.29, 0.717) is 17.5 Å². The summed E-state index contributed by atoms with van der Waals surface area (Å²) in [6, 6.07) is 1.39. The first-order valence-corrected chi connectivity index (χ1v) is 8.59. The highest BCUT2D eigenvalue weighted by Gasteiger charge is 2.36. The van der Waals surface area contributed by atoms with E-state index in [-0.39, 0.29) is 0 Å². The molecule has 2 atom stereocenters. The number of nitrogens with one attached hydrogen (secondary N) is 1. The van der Waals surface area contributed by atoms with Crippen LogP contribution >= 0.6 is 0 Å². The van der Waals surface area contributed by atoms with Crippen molar-refractivity contribution >= 4 is 0 Å². The van der Waals surface area contributed by atoms with E-state index in [1.807, 2.05) is 0 Å². The third-order valence-electron chi connectivity index (χ3n) is 5.23. The van der Waals surface area contributed by atoms with Crippen LogP contribution in [0.25, 0.3) is 0 Å². The molecule has 2 aliphatic heterocycles. The SMILES string of the molecule is CCCC1CN(CC2(C)CCOCC2)C(C(C)C)CN1. The summed E-state index contributed by atoms with van der Waals surface area (Å²) in [4.78, 5) is 2.78. The van der Waals surface area contributed by atoms with E-state index in [9.17, 15) is 0 Å². The first-order valence-electron chi connectivity index (χ1n) is 8.59. The minimum atomic E-state index is 0.458. The molecule has 0 spiro atoms. The number of ether oxygens (including phenoxy) is 1. The van der Waals surface area contributed by atoms with E-state index in [1.165, 1.54) is 38.8 Å². The van der Waals surface area contributed by atoms with E-state index in [1.54, 1.807) is 0 Å². The van der Waals surface area contributed by atoms with Crippen molar-refractivity contribution in [1.29, 1.82) is 0 Å². The Kier molecular flexibility index (Phi) is 5.88. The van der Waals surface area contributed by atoms with Gasteiger partial charge in [0.15, 0.2) is 0 Å². The molecule has 0 bridgehead atoms. The third-order valence-corrected chi connectivity index (χ3v) is 5.23. The van der Waals surface area contributed by atoms with Crippen molar-refractivity contribution in [3.63, 3.8) is 0 Å². The number of piperazine rings is 1. The molecule has 0 amide bonds. The molecule has 2 fully saturated rings. The van der Waals surface area contributed by atoms with Gasteiger partial charge in [0, 0.05) is 44.9 Å². The Morgan fingerprint density at radius 1 is 1.30 bits per heavy atom. The molecular formula is C17H34N2O. The van der Waals surface area contributed by atoms with Gasteiger partial charge in [-0.05, 0) is 30.6 Å². The molecule has 118 valence electrons. The molecule has 0 aromatic carbocycles. The molecule has 0 saturated carbocycles. The Morgan fingerprint density at radius 3 is 2.60 bits per heavy atom. The summed E-state index contributed by atoms with van der Waals surface area (Å²) >= 11 is 0. The number of hydrogen-bond donors (Lipinski definition) is 1. The molecule has 0 aromatic heterocycles. The summed E-state index contributed by atoms with van der Waals surface area (Å²) in [5.74, 6) is 0.730. The van der Waals surface area contributed by atoms with Gasteiger partial charge in [0.2, 0.25) is 0 Å². The average molecular weight is 282 g/mol. The average Bonchev–Trinajstić information content (AvgIpc) is 2.39. The molecule has 2 rings (SSSR count). The first-order chi connectivity index (χ1) is 9.54. The summed E-state index contributed by atoms with van der Waals surface area (Å²) < 4.78 is 5.56. The Balaban J connectivity index is 1.99. The molecule has 20 heavy (non-hydrogen) atoms. The van der Waals surface area contributed by atoms with Gasteiger partial charge in [-0.3, -0.25) is 4.90 Å². The van der Waals surface area contributed by atoms with Crippen molar-refractivity contribution in [1.82, 2.24) is 10.2 Å². The van der Waals surface area contributed by atoms with Crippen LogP contribution in [0.5, 0.6) is 0 Å². The van der Waals surface area contributed by atoms with Gasteiger partial charge >= 0.3 is 0 Å². The van der Waals surface area contributed by atoms with Gasteiger partial charge < -0.3 is 10.1 Å². The lowest BCUT2D eigenvalue weighted by atomic mass is 9.80. The van der Waals surface area contributed by atoms with Crippen molar-refractivity contribution in [2.24, 2.45) is 11.3 Å². The van der Waals surface area contributed by atoms with E-state index in [2.05, 4.69) is 37.9 Å². The van der Waals surface area contributed by atoms with E-state index in [0.717, 1.165) is 25.7 Å². The summed E-state index contributed by atoms with van der Waals surface area (Å²) in [5, 5.41) is 3.76. The molecular weight excluding hydrogens is 248 g/mol. The van der Waals surface area contributed by atoms with Gasteiger partial charge in [0.05, 0.1) is 0 Å². The van der Waals surface area contributed by atoms with Crippen molar-refractivity contribution in [3.8, 4) is 0 Å². The van der Waals surface area contributed by atoms with Gasteiger partial charge in [0.25, 0.3) is 0 Å². The smallest absolute Gasteiger partial charge is 0.0471 e. The van der Waals surface area contributed by atoms with Gasteiger partial charge in [-0.2, -0.15) is 0 Å². The second kappa shape index (κ2) is 7.24. The minimum Gasteiger partial charge on any atom is -0.381 e. The summed E-state index contributed by atoms with van der Waals surface area (Å²) in [7, 11) is 0. The number of nitrogens with zero attached hydrogens (tertiary/aromatic N) is 1. The molecule has 1 N–H and O–H groups in total. The fraction of sp³-hybridized carbons (Fsp3) is 1.00. The number of rotatable bonds is 5. The molecule has 3 nitrogen and oxygen atoms in total. The lowest BCUT2D eigenvalue weighted by molar-refractivity contribution is -0.0169. The lowest BCUT2D eigenvalue weighted by Crippen LogP contribution is -2.60. The largest absolute Gasteiger partial charge is 0.381 e. The summed E-state index contributed by atoms with van der Waals surface area (Å²) in [5.41, 5.74) is 0.458. The molecule has 2 aliphatic rings. The molecule has 3 heteroatoms. The van der Waals surface area contributed by atoms with Crippen LogP contribution in [0.2, 0.25) is 0 Å². The van der Waals surface area contributed by atoms with Crippen LogP contribution in [-0.4, -0.2) is 49.8 Å². The molecule has 0 aliphatic carbocycles. The predicted molar refractivity (Wildman–Crippen MR) is 85.1 cm³/mol. The van der Waals surface area contributed by atoms with Crippen LogP contribution in [0.4, 0.5) is 0 Å². The van der Waals surface area contributed by atoms with Crippen molar-refractivity contribution < 1.29 is 4.74 Å². The third kappa shape index (κ3) is 4.19. The van der Waals surface area contributed by atoms with Crippen LogP contribution in [-0.2, 0) is 4.74 Å². The normalized spacial score (nSPS) is 31.6. The lowest BCUT2D eigenvalue weighted by Gasteiger charge is -2.47. The Morgan fingerprint density at radius 2 is 2.00 bits per heavy atom. The summed E-state index contributed by atoms with van der Waals surface area (Å²) in [6.07, 6.45) is 5.03. The topological polar surface area (TPSA) is 24.5 Å². The molecule has 2 saturated heterocycles. The van der Waals surface area contributed by atoms with Crippen molar-refractivity contribution in [3.05, 3.63) is 0 Å². The maximum atomic E-state index is 5.56. The Bertz CT molecular complexity index is 287. The molecule has 0 radical (unpaired) electrons. The standard InChI is InChI=1S/C17H34N2O/c1-5-6-15-12-19(16(11-18-15)14(2)3)13-17(4)7-9-20-10-8-17/h14-16,18H,5-13H2,1-4H3. The van der Waals surface area contributed by atoms with Crippen LogP contribution in [0, 0.1) is 11.3 Å². The zero-order valence-electron chi connectivity index (χ0n) is 14.0. The predicted octanol–water partition coefficient (Wildman–Crippen LogP) is 2.90. The zero-order chi connectivity index (χ0) is 14.6. The second-order valence-electron chi connectivity index (χ2n) is 7.56. The quantitative estimate of drug-likeness (QED) is 0.839. The molecule has 2 unspecified atom stereocenters. The Hall–Kier alpha value is -0.120. The van der Waals surface area contributed by atoms with E-state index >= 15 is 0 Å². The van der Waals surface area contributed by atoms with Gasteiger partial charge in [-0.25, -0.2) is 0 Å². The van der Waals surface area contributed by atoms with Crippen LogP contribution in [0.3, 0.4) is 0 Å². The highest BCUT2D eigenvalue weighted by Crippen LogP contribution is 2.32. The van der Waals surface area contributed by atoms with Gasteiger partial charge in [0.1, 0.15) is 0 Å². The van der Waals surface area contributed by atoms with Crippen molar-refractivity contribution in [2.75, 3.05) is 32.8 Å². The highest BCUT2D eigenvalue weighted by atomic mass is 16.5.